The van der Waals surface area contributed by atoms with Gasteiger partial charge in [-0.1, -0.05) is 17.7 Å². The van der Waals surface area contributed by atoms with Crippen LogP contribution in [-0.2, 0) is 31.5 Å². The number of likely N-dealkylation sites (N-methyl/N-ethyl adjacent to an activating group) is 1. The molecule has 1 aliphatic heterocycles. The lowest BCUT2D eigenvalue weighted by Gasteiger charge is -2.35. The van der Waals surface area contributed by atoms with Crippen LogP contribution in [-0.4, -0.2) is 33.1 Å². The number of rotatable bonds is 2. The zero-order chi connectivity index (χ0) is 19.5. The second-order valence-electron chi connectivity index (χ2n) is 8.85. The molecule has 0 bridgehead atoms. The lowest BCUT2D eigenvalue weighted by Crippen LogP contribution is -2.37. The van der Waals surface area contributed by atoms with Gasteiger partial charge in [0.2, 0.25) is 0 Å². The van der Waals surface area contributed by atoms with Crippen molar-refractivity contribution in [1.29, 1.82) is 0 Å². The van der Waals surface area contributed by atoms with Crippen LogP contribution in [0.3, 0.4) is 0 Å². The average molecular weight is 376 g/mol. The van der Waals surface area contributed by atoms with Crippen molar-refractivity contribution in [3.05, 3.63) is 64.1 Å². The van der Waals surface area contributed by atoms with Gasteiger partial charge < -0.3 is 14.6 Å². The molecule has 28 heavy (non-hydrogen) atoms. The number of hydrogen-bond donors (Lipinski definition) is 1. The summed E-state index contributed by atoms with van der Waals surface area (Å²) in [7, 11) is 2.20. The van der Waals surface area contributed by atoms with E-state index in [9.17, 15) is 5.11 Å². The van der Waals surface area contributed by atoms with Crippen molar-refractivity contribution in [2.75, 3.05) is 13.6 Å². The molecule has 1 aliphatic carbocycles. The van der Waals surface area contributed by atoms with Crippen molar-refractivity contribution >= 4 is 10.9 Å². The Morgan fingerprint density at radius 2 is 2.00 bits per heavy atom. The van der Waals surface area contributed by atoms with Crippen molar-refractivity contribution in [1.82, 2.24) is 14.5 Å². The number of hydrogen-bond acceptors (Lipinski definition) is 3. The second-order valence-corrected chi connectivity index (χ2v) is 8.85. The normalized spacial score (nSPS) is 22.3. The van der Waals surface area contributed by atoms with Gasteiger partial charge in [0.1, 0.15) is 5.60 Å². The number of fused-ring (bicyclic) bond motifs is 4. The van der Waals surface area contributed by atoms with Gasteiger partial charge >= 0.3 is 0 Å². The third-order valence-corrected chi connectivity index (χ3v) is 6.64. The third-order valence-electron chi connectivity index (χ3n) is 6.64. The van der Waals surface area contributed by atoms with E-state index < -0.39 is 5.60 Å². The second kappa shape index (κ2) is 6.43. The number of aromatic nitrogens is 2. The maximum atomic E-state index is 11.8. The minimum Gasteiger partial charge on any atom is -0.383 e. The first kappa shape index (κ1) is 17.9. The van der Waals surface area contributed by atoms with E-state index in [4.69, 9.17) is 4.98 Å². The number of aryl methyl sites for hydroxylation is 3. The summed E-state index contributed by atoms with van der Waals surface area (Å²) in [6.07, 6.45) is 3.79. The fourth-order valence-electron chi connectivity index (χ4n) is 5.21. The highest BCUT2D eigenvalue weighted by Gasteiger charge is 2.37. The molecule has 5 rings (SSSR count). The standard InChI is InChI=1S/C24H29N3O/c1-16-6-9-22-18(13-16)19-14-26(3)12-10-23(19)27(22)15-24(28)11-4-5-21-20(24)8-7-17(2)25-21/h6-9,13,28H,4-5,10-12,14-15H2,1-3H3. The van der Waals surface area contributed by atoms with Crippen LogP contribution in [0.25, 0.3) is 10.9 Å². The van der Waals surface area contributed by atoms with Gasteiger partial charge in [-0.05, 0) is 63.9 Å². The predicted octanol–water partition coefficient (Wildman–Crippen LogP) is 3.87. The summed E-state index contributed by atoms with van der Waals surface area (Å²) < 4.78 is 2.41. The topological polar surface area (TPSA) is 41.3 Å². The quantitative estimate of drug-likeness (QED) is 0.739. The number of aliphatic hydroxyl groups is 1. The Bertz CT molecular complexity index is 1070. The molecule has 146 valence electrons. The van der Waals surface area contributed by atoms with Crippen LogP contribution in [0.15, 0.2) is 30.3 Å². The SMILES string of the molecule is Cc1ccc2c(c1)c1c(n2CC2(O)CCCc3nc(C)ccc32)CCN(C)C1. The van der Waals surface area contributed by atoms with Crippen LogP contribution in [0.2, 0.25) is 0 Å². The molecular formula is C24H29N3O. The molecule has 0 spiro atoms. The van der Waals surface area contributed by atoms with Gasteiger partial charge in [-0.2, -0.15) is 0 Å². The molecule has 2 aliphatic rings. The first-order valence-corrected chi connectivity index (χ1v) is 10.4. The first-order chi connectivity index (χ1) is 13.4. The molecule has 3 aromatic rings. The Labute approximate surface area is 166 Å². The van der Waals surface area contributed by atoms with Gasteiger partial charge in [0, 0.05) is 53.1 Å². The molecular weight excluding hydrogens is 346 g/mol. The van der Waals surface area contributed by atoms with E-state index in [0.29, 0.717) is 6.54 Å². The summed E-state index contributed by atoms with van der Waals surface area (Å²) in [4.78, 5) is 7.13. The summed E-state index contributed by atoms with van der Waals surface area (Å²) in [5.74, 6) is 0. The largest absolute Gasteiger partial charge is 0.383 e. The Kier molecular flexibility index (Phi) is 4.11. The predicted molar refractivity (Wildman–Crippen MR) is 113 cm³/mol. The lowest BCUT2D eigenvalue weighted by atomic mass is 9.81. The van der Waals surface area contributed by atoms with Gasteiger partial charge in [0.05, 0.1) is 6.54 Å². The molecule has 0 fully saturated rings. The van der Waals surface area contributed by atoms with Crippen molar-refractivity contribution in [3.8, 4) is 0 Å². The van der Waals surface area contributed by atoms with Gasteiger partial charge in [-0.25, -0.2) is 0 Å². The molecule has 3 heterocycles. The van der Waals surface area contributed by atoms with Crippen molar-refractivity contribution < 1.29 is 5.11 Å². The number of pyridine rings is 1. The van der Waals surface area contributed by atoms with Crippen LogP contribution < -0.4 is 0 Å². The smallest absolute Gasteiger partial charge is 0.109 e. The molecule has 0 amide bonds. The van der Waals surface area contributed by atoms with E-state index in [0.717, 1.165) is 55.7 Å². The average Bonchev–Trinajstić information content (AvgIpc) is 2.94. The van der Waals surface area contributed by atoms with Crippen LogP contribution in [0.5, 0.6) is 0 Å². The zero-order valence-corrected chi connectivity index (χ0v) is 17.1. The highest BCUT2D eigenvalue weighted by molar-refractivity contribution is 5.86. The van der Waals surface area contributed by atoms with E-state index in [1.54, 1.807) is 0 Å². The number of nitrogens with zero attached hydrogens (tertiary/aromatic N) is 3. The van der Waals surface area contributed by atoms with Crippen LogP contribution in [0.4, 0.5) is 0 Å². The summed E-state index contributed by atoms with van der Waals surface area (Å²) >= 11 is 0. The monoisotopic (exact) mass is 375 g/mol. The molecule has 2 aromatic heterocycles. The van der Waals surface area contributed by atoms with E-state index in [1.807, 2.05) is 13.0 Å². The summed E-state index contributed by atoms with van der Waals surface area (Å²) in [5, 5.41) is 13.1. The van der Waals surface area contributed by atoms with Gasteiger partial charge in [0.25, 0.3) is 0 Å². The highest BCUT2D eigenvalue weighted by Crippen LogP contribution is 2.39. The third kappa shape index (κ3) is 2.78. The molecule has 4 heteroatoms. The Hall–Kier alpha value is -2.17. The molecule has 1 N–H and O–H groups in total. The molecule has 0 saturated heterocycles. The molecule has 1 unspecified atom stereocenters. The van der Waals surface area contributed by atoms with Crippen molar-refractivity contribution in [3.63, 3.8) is 0 Å². The highest BCUT2D eigenvalue weighted by atomic mass is 16.3. The summed E-state index contributed by atoms with van der Waals surface area (Å²) in [6.45, 7) is 6.86. The Morgan fingerprint density at radius 1 is 1.14 bits per heavy atom. The van der Waals surface area contributed by atoms with E-state index in [1.165, 1.54) is 27.7 Å². The van der Waals surface area contributed by atoms with Gasteiger partial charge in [-0.15, -0.1) is 0 Å². The van der Waals surface area contributed by atoms with Crippen molar-refractivity contribution in [2.45, 2.75) is 58.2 Å². The van der Waals surface area contributed by atoms with Crippen LogP contribution >= 0.6 is 0 Å². The minimum absolute atomic E-state index is 0.614. The first-order valence-electron chi connectivity index (χ1n) is 10.4. The Morgan fingerprint density at radius 3 is 2.86 bits per heavy atom. The molecule has 1 atom stereocenters. The van der Waals surface area contributed by atoms with E-state index in [-0.39, 0.29) is 0 Å². The fourth-order valence-corrected chi connectivity index (χ4v) is 5.21. The maximum absolute atomic E-state index is 11.8. The molecule has 1 aromatic carbocycles. The fraction of sp³-hybridized carbons (Fsp3) is 0.458. The molecule has 0 radical (unpaired) electrons. The van der Waals surface area contributed by atoms with Gasteiger partial charge in [-0.3, -0.25) is 4.98 Å². The molecule has 4 nitrogen and oxygen atoms in total. The zero-order valence-electron chi connectivity index (χ0n) is 17.1. The van der Waals surface area contributed by atoms with Crippen molar-refractivity contribution in [2.24, 2.45) is 0 Å². The maximum Gasteiger partial charge on any atom is 0.109 e. The summed E-state index contributed by atoms with van der Waals surface area (Å²) in [6, 6.07) is 10.9. The van der Waals surface area contributed by atoms with Gasteiger partial charge in [0.15, 0.2) is 0 Å². The van der Waals surface area contributed by atoms with E-state index >= 15 is 0 Å². The van der Waals surface area contributed by atoms with Crippen LogP contribution in [0.1, 0.15) is 46.6 Å². The molecule has 0 saturated carbocycles. The summed E-state index contributed by atoms with van der Waals surface area (Å²) in [5.41, 5.74) is 7.68. The number of benzene rings is 1. The minimum atomic E-state index is -0.845. The van der Waals surface area contributed by atoms with Crippen LogP contribution in [0, 0.1) is 13.8 Å². The lowest BCUT2D eigenvalue weighted by molar-refractivity contribution is 0.00101. The Balaban J connectivity index is 1.65. The van der Waals surface area contributed by atoms with E-state index in [2.05, 4.69) is 47.7 Å².